The number of carbonyl (C=O) groups excluding carboxylic acids is 2. The van der Waals surface area contributed by atoms with Crippen molar-refractivity contribution in [3.05, 3.63) is 100 Å². The Morgan fingerprint density at radius 1 is 1.00 bits per heavy atom. The number of amides is 1. The second-order valence-corrected chi connectivity index (χ2v) is 11.1. The van der Waals surface area contributed by atoms with Crippen LogP contribution in [0.1, 0.15) is 43.4 Å². The second kappa shape index (κ2) is 7.65. The summed E-state index contributed by atoms with van der Waals surface area (Å²) < 4.78 is 0.902. The average molecular weight is 513 g/mol. The fraction of sp³-hybridized carbons (Fsp3) is 0.276. The number of hydrogen-bond donors (Lipinski definition) is 0. The standard InChI is InChI=1S/C29H25BrN2O2/c1-27(2,3)25(33)28(18-31)24(20-13-15-21(30)16-14-20)29(28)22-11-7-8-12-23(22)32(26(29)34)17-19-9-5-4-6-10-19/h4-16,24H,17H2,1-3H3/t24-,28+,29-/m0/s1. The Hall–Kier alpha value is -3.23. The summed E-state index contributed by atoms with van der Waals surface area (Å²) in [5, 5.41) is 10.7. The third-order valence-corrected chi connectivity index (χ3v) is 7.74. The molecule has 3 atom stereocenters. The van der Waals surface area contributed by atoms with Crippen LogP contribution in [0.25, 0.3) is 0 Å². The van der Waals surface area contributed by atoms with Crippen molar-refractivity contribution in [3.63, 3.8) is 0 Å². The van der Waals surface area contributed by atoms with Gasteiger partial charge in [-0.15, -0.1) is 0 Å². The Labute approximate surface area is 208 Å². The molecule has 0 radical (unpaired) electrons. The molecule has 4 nitrogen and oxygen atoms in total. The normalized spacial score (nSPS) is 25.2. The first-order valence-electron chi connectivity index (χ1n) is 11.4. The molecule has 34 heavy (non-hydrogen) atoms. The van der Waals surface area contributed by atoms with Gasteiger partial charge in [-0.25, -0.2) is 0 Å². The number of nitrogens with zero attached hydrogens (tertiary/aromatic N) is 2. The molecule has 2 aliphatic rings. The highest BCUT2D eigenvalue weighted by atomic mass is 79.9. The SMILES string of the molecule is CC(C)(C)C(=O)[C@@]1(C#N)[C@H](c2ccc(Br)cc2)[C@@]12C(=O)N(Cc1ccccc1)c1ccccc12. The molecule has 5 rings (SSSR count). The molecular formula is C29H25BrN2O2. The summed E-state index contributed by atoms with van der Waals surface area (Å²) in [5.41, 5.74) is -0.140. The zero-order chi connectivity index (χ0) is 24.3. The van der Waals surface area contributed by atoms with Crippen LogP contribution in [0, 0.1) is 22.2 Å². The zero-order valence-electron chi connectivity index (χ0n) is 19.4. The third-order valence-electron chi connectivity index (χ3n) is 7.21. The molecular weight excluding hydrogens is 488 g/mol. The van der Waals surface area contributed by atoms with Crippen LogP contribution in [0.4, 0.5) is 5.69 Å². The van der Waals surface area contributed by atoms with E-state index >= 15 is 0 Å². The van der Waals surface area contributed by atoms with Gasteiger partial charge in [0.25, 0.3) is 0 Å². The highest BCUT2D eigenvalue weighted by Gasteiger charge is 2.88. The Morgan fingerprint density at radius 2 is 1.62 bits per heavy atom. The largest absolute Gasteiger partial charge is 0.307 e. The van der Waals surface area contributed by atoms with E-state index in [-0.39, 0.29) is 11.7 Å². The van der Waals surface area contributed by atoms with Gasteiger partial charge in [0, 0.05) is 21.5 Å². The first-order valence-corrected chi connectivity index (χ1v) is 12.2. The lowest BCUT2D eigenvalue weighted by molar-refractivity contribution is -0.132. The van der Waals surface area contributed by atoms with Crippen LogP contribution >= 0.6 is 15.9 Å². The molecule has 1 heterocycles. The molecule has 1 aliphatic carbocycles. The Morgan fingerprint density at radius 3 is 2.24 bits per heavy atom. The average Bonchev–Trinajstić information content (AvgIpc) is 3.39. The first kappa shape index (κ1) is 22.6. The van der Waals surface area contributed by atoms with E-state index in [2.05, 4.69) is 22.0 Å². The number of benzene rings is 3. The number of halogens is 1. The molecule has 170 valence electrons. The Bertz CT molecular complexity index is 1340. The van der Waals surface area contributed by atoms with Crippen molar-refractivity contribution in [3.8, 4) is 6.07 Å². The number of fused-ring (bicyclic) bond motifs is 2. The van der Waals surface area contributed by atoms with Crippen LogP contribution in [0.5, 0.6) is 0 Å². The summed E-state index contributed by atoms with van der Waals surface area (Å²) in [7, 11) is 0. The van der Waals surface area contributed by atoms with E-state index in [1.54, 1.807) is 4.90 Å². The summed E-state index contributed by atoms with van der Waals surface area (Å²) in [4.78, 5) is 30.2. The van der Waals surface area contributed by atoms with Crippen molar-refractivity contribution in [2.75, 3.05) is 4.90 Å². The van der Waals surface area contributed by atoms with Gasteiger partial charge in [-0.2, -0.15) is 5.26 Å². The van der Waals surface area contributed by atoms with Crippen molar-refractivity contribution < 1.29 is 9.59 Å². The number of nitriles is 1. The minimum atomic E-state index is -1.47. The molecule has 0 aromatic heterocycles. The first-order chi connectivity index (χ1) is 16.2. The number of carbonyl (C=O) groups is 2. The topological polar surface area (TPSA) is 61.2 Å². The van der Waals surface area contributed by atoms with Crippen LogP contribution < -0.4 is 4.90 Å². The van der Waals surface area contributed by atoms with E-state index in [4.69, 9.17) is 0 Å². The van der Waals surface area contributed by atoms with Gasteiger partial charge in [0.1, 0.15) is 10.8 Å². The van der Waals surface area contributed by atoms with E-state index in [9.17, 15) is 14.9 Å². The molecule has 1 aliphatic heterocycles. The van der Waals surface area contributed by atoms with Crippen LogP contribution in [0.2, 0.25) is 0 Å². The number of Topliss-reactive ketones (excluding diaryl/α,β-unsaturated/α-hetero) is 1. The van der Waals surface area contributed by atoms with Gasteiger partial charge in [-0.05, 0) is 34.9 Å². The summed E-state index contributed by atoms with van der Waals surface area (Å²) >= 11 is 3.47. The molecule has 1 saturated carbocycles. The van der Waals surface area contributed by atoms with Crippen LogP contribution in [-0.2, 0) is 21.5 Å². The zero-order valence-corrected chi connectivity index (χ0v) is 21.0. The van der Waals surface area contributed by atoms with Gasteiger partial charge in [0.2, 0.25) is 5.91 Å². The second-order valence-electron chi connectivity index (χ2n) is 10.2. The van der Waals surface area contributed by atoms with Crippen LogP contribution in [0.3, 0.4) is 0 Å². The van der Waals surface area contributed by atoms with Gasteiger partial charge < -0.3 is 4.90 Å². The summed E-state index contributed by atoms with van der Waals surface area (Å²) in [6, 6.07) is 27.5. The van der Waals surface area contributed by atoms with Gasteiger partial charge >= 0.3 is 0 Å². The van der Waals surface area contributed by atoms with E-state index in [0.717, 1.165) is 26.9 Å². The Balaban J connectivity index is 1.75. The van der Waals surface area contributed by atoms with E-state index in [1.165, 1.54) is 0 Å². The van der Waals surface area contributed by atoms with Crippen molar-refractivity contribution >= 4 is 33.3 Å². The van der Waals surface area contributed by atoms with E-state index < -0.39 is 22.2 Å². The van der Waals surface area contributed by atoms with Crippen molar-refractivity contribution in [1.29, 1.82) is 5.26 Å². The number of para-hydroxylation sites is 1. The fourth-order valence-electron chi connectivity index (χ4n) is 5.80. The summed E-state index contributed by atoms with van der Waals surface area (Å²) in [6.07, 6.45) is 0. The smallest absolute Gasteiger partial charge is 0.240 e. The minimum absolute atomic E-state index is 0.176. The lowest BCUT2D eigenvalue weighted by Gasteiger charge is -2.23. The Kier molecular flexibility index (Phi) is 5.07. The van der Waals surface area contributed by atoms with E-state index in [1.807, 2.05) is 99.6 Å². The maximum Gasteiger partial charge on any atom is 0.240 e. The molecule has 3 aromatic carbocycles. The van der Waals surface area contributed by atoms with Gasteiger partial charge in [0.15, 0.2) is 5.78 Å². The molecule has 0 unspecified atom stereocenters. The predicted octanol–water partition coefficient (Wildman–Crippen LogP) is 6.16. The van der Waals surface area contributed by atoms with Crippen LogP contribution in [0.15, 0.2) is 83.3 Å². The monoisotopic (exact) mass is 512 g/mol. The molecule has 0 N–H and O–H groups in total. The molecule has 3 aromatic rings. The number of anilines is 1. The molecule has 1 spiro atoms. The van der Waals surface area contributed by atoms with E-state index in [0.29, 0.717) is 6.54 Å². The third kappa shape index (κ3) is 2.88. The number of rotatable bonds is 4. The van der Waals surface area contributed by atoms with Gasteiger partial charge in [-0.3, -0.25) is 9.59 Å². The molecule has 5 heteroatoms. The van der Waals surface area contributed by atoms with Gasteiger partial charge in [-0.1, -0.05) is 97.4 Å². The predicted molar refractivity (Wildman–Crippen MR) is 135 cm³/mol. The number of ketones is 1. The highest BCUT2D eigenvalue weighted by Crippen LogP contribution is 2.79. The highest BCUT2D eigenvalue weighted by molar-refractivity contribution is 9.10. The van der Waals surface area contributed by atoms with Crippen LogP contribution in [-0.4, -0.2) is 11.7 Å². The summed E-state index contributed by atoms with van der Waals surface area (Å²) in [5.74, 6) is -0.927. The van der Waals surface area contributed by atoms with Crippen molar-refractivity contribution in [2.24, 2.45) is 10.8 Å². The van der Waals surface area contributed by atoms with Gasteiger partial charge in [0.05, 0.1) is 12.6 Å². The van der Waals surface area contributed by atoms with Crippen molar-refractivity contribution in [1.82, 2.24) is 0 Å². The minimum Gasteiger partial charge on any atom is -0.307 e. The molecule has 1 fully saturated rings. The lowest BCUT2D eigenvalue weighted by Crippen LogP contribution is -2.40. The maximum absolute atomic E-state index is 14.4. The number of hydrogen-bond acceptors (Lipinski definition) is 3. The summed E-state index contributed by atoms with van der Waals surface area (Å²) in [6.45, 7) is 5.86. The maximum atomic E-state index is 14.4. The molecule has 0 bridgehead atoms. The molecule has 0 saturated heterocycles. The lowest BCUT2D eigenvalue weighted by atomic mass is 9.75. The fourth-order valence-corrected chi connectivity index (χ4v) is 6.06. The van der Waals surface area contributed by atoms with Crippen molar-refractivity contribution in [2.45, 2.75) is 38.6 Å². The molecule has 1 amide bonds. The quantitative estimate of drug-likeness (QED) is 0.420.